The van der Waals surface area contributed by atoms with Crippen LogP contribution in [0, 0.1) is 5.41 Å². The summed E-state index contributed by atoms with van der Waals surface area (Å²) in [5, 5.41) is 23.4. The minimum Gasteiger partial charge on any atom is -0.491 e. The Bertz CT molecular complexity index is 1090. The highest BCUT2D eigenvalue weighted by Gasteiger charge is 2.34. The molecule has 0 amide bonds. The van der Waals surface area contributed by atoms with E-state index in [1.807, 2.05) is 36.4 Å². The van der Waals surface area contributed by atoms with Gasteiger partial charge in [0.1, 0.15) is 11.3 Å². The lowest BCUT2D eigenvalue weighted by atomic mass is 9.79. The standard InChI is InChI=1S/C23H29BN4O4/c1-23(2,8-10-29)9-11-31-19-5-3-4-15-14-26-22(28-21(15)19)27-16-6-7-17-18(12-16)24(30)32-20(17)13-25/h3-7,12,14,20,29-30H,8-11,13,25H2,1-2H3,(H,26,27,28). The summed E-state index contributed by atoms with van der Waals surface area (Å²) in [5.41, 5.74) is 8.78. The monoisotopic (exact) mass is 436 g/mol. The molecule has 0 bridgehead atoms. The van der Waals surface area contributed by atoms with Crippen molar-refractivity contribution in [3.05, 3.63) is 48.2 Å². The number of ether oxygens (including phenoxy) is 1. The third-order valence-electron chi connectivity index (χ3n) is 5.86. The Labute approximate surface area is 187 Å². The molecule has 5 N–H and O–H groups in total. The summed E-state index contributed by atoms with van der Waals surface area (Å²) in [6.45, 7) is 5.25. The van der Waals surface area contributed by atoms with E-state index < -0.39 is 7.12 Å². The summed E-state index contributed by atoms with van der Waals surface area (Å²) in [6.07, 6.45) is 3.01. The molecule has 9 heteroatoms. The molecule has 0 saturated heterocycles. The molecule has 0 saturated carbocycles. The van der Waals surface area contributed by atoms with Gasteiger partial charge in [0.15, 0.2) is 0 Å². The van der Waals surface area contributed by atoms with Crippen LogP contribution in [0.2, 0.25) is 0 Å². The van der Waals surface area contributed by atoms with E-state index in [0.29, 0.717) is 30.3 Å². The Morgan fingerprint density at radius 1 is 1.25 bits per heavy atom. The zero-order valence-electron chi connectivity index (χ0n) is 18.4. The molecule has 32 heavy (non-hydrogen) atoms. The lowest BCUT2D eigenvalue weighted by Crippen LogP contribution is -2.28. The van der Waals surface area contributed by atoms with Crippen molar-refractivity contribution in [2.24, 2.45) is 11.1 Å². The average Bonchev–Trinajstić information content (AvgIpc) is 3.09. The number of aliphatic hydroxyl groups is 1. The topological polar surface area (TPSA) is 123 Å². The summed E-state index contributed by atoms with van der Waals surface area (Å²) in [6, 6.07) is 11.4. The van der Waals surface area contributed by atoms with Crippen molar-refractivity contribution in [1.29, 1.82) is 0 Å². The third kappa shape index (κ3) is 4.86. The number of aliphatic hydroxyl groups excluding tert-OH is 1. The molecule has 8 nitrogen and oxygen atoms in total. The second kappa shape index (κ2) is 9.42. The van der Waals surface area contributed by atoms with Crippen LogP contribution in [0.15, 0.2) is 42.6 Å². The third-order valence-corrected chi connectivity index (χ3v) is 5.86. The molecule has 0 aliphatic carbocycles. The van der Waals surface area contributed by atoms with Gasteiger partial charge in [-0.05, 0) is 47.5 Å². The zero-order chi connectivity index (χ0) is 22.7. The van der Waals surface area contributed by atoms with Crippen molar-refractivity contribution in [1.82, 2.24) is 9.97 Å². The molecule has 0 radical (unpaired) electrons. The molecule has 2 aromatic carbocycles. The van der Waals surface area contributed by atoms with E-state index in [2.05, 4.69) is 29.1 Å². The van der Waals surface area contributed by atoms with Crippen LogP contribution in [-0.2, 0) is 4.65 Å². The maximum Gasteiger partial charge on any atom is 0.492 e. The van der Waals surface area contributed by atoms with Gasteiger partial charge in [-0.25, -0.2) is 9.97 Å². The minimum atomic E-state index is -0.993. The van der Waals surface area contributed by atoms with Gasteiger partial charge in [0, 0.05) is 30.4 Å². The second-order valence-corrected chi connectivity index (χ2v) is 8.81. The first-order valence-corrected chi connectivity index (χ1v) is 10.8. The number of rotatable bonds is 9. The Hall–Kier alpha value is -2.72. The van der Waals surface area contributed by atoms with Crippen molar-refractivity contribution < 1.29 is 19.5 Å². The van der Waals surface area contributed by atoms with Gasteiger partial charge in [0.25, 0.3) is 0 Å². The van der Waals surface area contributed by atoms with E-state index in [1.54, 1.807) is 6.20 Å². The molecule has 1 aliphatic rings. The summed E-state index contributed by atoms with van der Waals surface area (Å²) in [5.74, 6) is 1.12. The van der Waals surface area contributed by atoms with Crippen LogP contribution in [0.3, 0.4) is 0 Å². The van der Waals surface area contributed by atoms with Crippen LogP contribution < -0.4 is 21.3 Å². The van der Waals surface area contributed by atoms with Gasteiger partial charge < -0.3 is 30.6 Å². The Morgan fingerprint density at radius 2 is 2.09 bits per heavy atom. The summed E-state index contributed by atoms with van der Waals surface area (Å²) in [7, 11) is -0.993. The number of fused-ring (bicyclic) bond motifs is 2. The van der Waals surface area contributed by atoms with Gasteiger partial charge in [-0.3, -0.25) is 0 Å². The molecule has 168 valence electrons. The van der Waals surface area contributed by atoms with Crippen LogP contribution >= 0.6 is 0 Å². The highest BCUT2D eigenvalue weighted by molar-refractivity contribution is 6.61. The van der Waals surface area contributed by atoms with Gasteiger partial charge in [-0.1, -0.05) is 32.0 Å². The van der Waals surface area contributed by atoms with E-state index in [9.17, 15) is 10.1 Å². The molecule has 1 aliphatic heterocycles. The lowest BCUT2D eigenvalue weighted by molar-refractivity contribution is 0.173. The fourth-order valence-electron chi connectivity index (χ4n) is 3.84. The van der Waals surface area contributed by atoms with Crippen LogP contribution in [0.25, 0.3) is 10.9 Å². The van der Waals surface area contributed by atoms with E-state index >= 15 is 0 Å². The van der Waals surface area contributed by atoms with Crippen molar-refractivity contribution in [2.45, 2.75) is 32.8 Å². The quantitative estimate of drug-likeness (QED) is 0.377. The number of hydrogen-bond donors (Lipinski definition) is 4. The van der Waals surface area contributed by atoms with Crippen LogP contribution in [0.1, 0.15) is 38.4 Å². The number of nitrogens with zero attached hydrogens (tertiary/aromatic N) is 2. The molecule has 2 heterocycles. The normalized spacial score (nSPS) is 15.8. The van der Waals surface area contributed by atoms with Crippen LogP contribution in [-0.4, -0.2) is 47.0 Å². The first-order valence-electron chi connectivity index (χ1n) is 10.8. The molecule has 1 aromatic heterocycles. The number of nitrogens with two attached hydrogens (primary N) is 1. The van der Waals surface area contributed by atoms with Gasteiger partial charge >= 0.3 is 7.12 Å². The molecule has 3 aromatic rings. The van der Waals surface area contributed by atoms with E-state index in [1.165, 1.54) is 0 Å². The maximum atomic E-state index is 10.2. The number of hydrogen-bond acceptors (Lipinski definition) is 8. The van der Waals surface area contributed by atoms with Gasteiger partial charge in [-0.15, -0.1) is 0 Å². The molecule has 4 rings (SSSR count). The Kier molecular flexibility index (Phi) is 6.62. The van der Waals surface area contributed by atoms with Gasteiger partial charge in [0.05, 0.1) is 12.7 Å². The summed E-state index contributed by atoms with van der Waals surface area (Å²) >= 11 is 0. The lowest BCUT2D eigenvalue weighted by Gasteiger charge is -2.23. The number of benzene rings is 2. The number of nitrogens with one attached hydrogen (secondary N) is 1. The number of anilines is 2. The molecular formula is C23H29BN4O4. The average molecular weight is 436 g/mol. The first-order chi connectivity index (χ1) is 15.4. The number of aromatic nitrogens is 2. The second-order valence-electron chi connectivity index (χ2n) is 8.81. The van der Waals surface area contributed by atoms with E-state index in [4.69, 9.17) is 15.1 Å². The Balaban J connectivity index is 1.52. The van der Waals surface area contributed by atoms with Gasteiger partial charge in [-0.2, -0.15) is 0 Å². The minimum absolute atomic E-state index is 0.00575. The van der Waals surface area contributed by atoms with E-state index in [-0.39, 0.29) is 18.1 Å². The molecular weight excluding hydrogens is 407 g/mol. The van der Waals surface area contributed by atoms with Crippen molar-refractivity contribution in [2.75, 3.05) is 25.1 Å². The molecule has 1 atom stereocenters. The SMILES string of the molecule is CC(C)(CCO)CCOc1cccc2cnc(Nc3ccc4c(c3)B(O)OC4CN)nc12. The Morgan fingerprint density at radius 3 is 2.88 bits per heavy atom. The zero-order valence-corrected chi connectivity index (χ0v) is 18.4. The van der Waals surface area contributed by atoms with Crippen molar-refractivity contribution in [3.63, 3.8) is 0 Å². The molecule has 0 fully saturated rings. The highest BCUT2D eigenvalue weighted by Crippen LogP contribution is 2.29. The fourth-order valence-corrected chi connectivity index (χ4v) is 3.84. The summed E-state index contributed by atoms with van der Waals surface area (Å²) < 4.78 is 11.5. The predicted molar refractivity (Wildman–Crippen MR) is 125 cm³/mol. The predicted octanol–water partition coefficient (Wildman–Crippen LogP) is 2.27. The smallest absolute Gasteiger partial charge is 0.491 e. The number of para-hydroxylation sites is 1. The van der Waals surface area contributed by atoms with Crippen LogP contribution in [0.4, 0.5) is 11.6 Å². The van der Waals surface area contributed by atoms with E-state index in [0.717, 1.165) is 35.0 Å². The van der Waals surface area contributed by atoms with Crippen LogP contribution in [0.5, 0.6) is 5.75 Å². The maximum absolute atomic E-state index is 10.2. The first kappa shape index (κ1) is 22.5. The van der Waals surface area contributed by atoms with Crippen molar-refractivity contribution in [3.8, 4) is 5.75 Å². The van der Waals surface area contributed by atoms with Gasteiger partial charge in [0.2, 0.25) is 5.95 Å². The highest BCUT2D eigenvalue weighted by atomic mass is 16.5. The largest absolute Gasteiger partial charge is 0.492 e. The molecule has 0 spiro atoms. The molecule has 1 unspecified atom stereocenters. The fraction of sp³-hybridized carbons (Fsp3) is 0.391. The summed E-state index contributed by atoms with van der Waals surface area (Å²) in [4.78, 5) is 9.08. The van der Waals surface area contributed by atoms with Crippen molar-refractivity contribution >= 4 is 35.1 Å².